The summed E-state index contributed by atoms with van der Waals surface area (Å²) in [5.74, 6) is -1.11. The Morgan fingerprint density at radius 2 is 1.70 bits per heavy atom. The quantitative estimate of drug-likeness (QED) is 0.117. The van der Waals surface area contributed by atoms with Gasteiger partial charge in [-0.25, -0.2) is 4.39 Å². The Hall–Kier alpha value is -4.08. The average molecular weight is 699 g/mol. The number of rotatable bonds is 14. The van der Waals surface area contributed by atoms with Gasteiger partial charge in [0, 0.05) is 47.5 Å². The van der Waals surface area contributed by atoms with Crippen molar-refractivity contribution in [3.63, 3.8) is 0 Å². The Morgan fingerprint density at radius 1 is 0.940 bits per heavy atom. The molecule has 50 heavy (non-hydrogen) atoms. The smallest absolute Gasteiger partial charge is 0.256 e. The molecule has 9 heteroatoms. The summed E-state index contributed by atoms with van der Waals surface area (Å²) in [6, 6.07) is 30.6. The van der Waals surface area contributed by atoms with Gasteiger partial charge in [0.25, 0.3) is 5.91 Å². The monoisotopic (exact) mass is 698 g/mol. The predicted molar refractivity (Wildman–Crippen MR) is 198 cm³/mol. The zero-order valence-corrected chi connectivity index (χ0v) is 30.1. The summed E-state index contributed by atoms with van der Waals surface area (Å²) in [4.78, 5) is 29.2. The fourth-order valence-corrected chi connectivity index (χ4v) is 6.35. The normalized spacial score (nSPS) is 16.8. The molecule has 7 nitrogen and oxygen atoms in total. The number of carbonyl (C=O) groups excluding carboxylic acids is 2. The standard InChI is InChI=1S/C41H48ClFN4O3/c1-28(30-13-6-5-7-14-30)45-21-11-20-44-25-29-12-10-16-31(22-29)39-34-23-33(42)18-19-36(34)47(27-41(2,3)4)40(49)37(50-39)24-38(48)46-26-32-15-8-9-17-35(32)43/h5-10,12-19,22-23,28,37,39,44-45H,11,20-21,24-27H2,1-4H3,(H,46,48). The molecule has 0 aromatic heterocycles. The third-order valence-corrected chi connectivity index (χ3v) is 8.94. The average Bonchev–Trinajstić information content (AvgIpc) is 3.19. The van der Waals surface area contributed by atoms with E-state index in [1.807, 2.05) is 30.3 Å². The molecule has 0 fully saturated rings. The van der Waals surface area contributed by atoms with Crippen LogP contribution in [0.25, 0.3) is 0 Å². The third-order valence-electron chi connectivity index (χ3n) is 8.71. The van der Waals surface area contributed by atoms with Crippen LogP contribution in [0, 0.1) is 11.2 Å². The zero-order valence-electron chi connectivity index (χ0n) is 29.3. The second-order valence-electron chi connectivity index (χ2n) is 14.1. The molecular weight excluding hydrogens is 651 g/mol. The van der Waals surface area contributed by atoms with Gasteiger partial charge in [-0.2, -0.15) is 0 Å². The summed E-state index contributed by atoms with van der Waals surface area (Å²) >= 11 is 6.56. The lowest BCUT2D eigenvalue weighted by Crippen LogP contribution is -2.45. The van der Waals surface area contributed by atoms with E-state index >= 15 is 0 Å². The number of fused-ring (bicyclic) bond motifs is 1. The van der Waals surface area contributed by atoms with Crippen molar-refractivity contribution < 1.29 is 18.7 Å². The van der Waals surface area contributed by atoms with E-state index < -0.39 is 23.9 Å². The van der Waals surface area contributed by atoms with E-state index in [0.29, 0.717) is 29.4 Å². The molecule has 4 aromatic carbocycles. The van der Waals surface area contributed by atoms with Crippen molar-refractivity contribution in [2.75, 3.05) is 24.5 Å². The van der Waals surface area contributed by atoms with Crippen molar-refractivity contribution in [2.45, 2.75) is 71.9 Å². The molecule has 4 aromatic rings. The highest BCUT2D eigenvalue weighted by molar-refractivity contribution is 6.30. The van der Waals surface area contributed by atoms with Gasteiger partial charge in [0.15, 0.2) is 0 Å². The van der Waals surface area contributed by atoms with Crippen LogP contribution in [-0.2, 0) is 27.4 Å². The van der Waals surface area contributed by atoms with Crippen LogP contribution in [0.2, 0.25) is 5.02 Å². The van der Waals surface area contributed by atoms with Gasteiger partial charge in [-0.3, -0.25) is 9.59 Å². The molecule has 0 spiro atoms. The SMILES string of the molecule is CC(NCCCNCc1cccc(C2OC(CC(=O)NCc3ccccc3F)C(=O)N(CC(C)(C)C)c3ccc(Cl)cc32)c1)c1ccccc1. The highest BCUT2D eigenvalue weighted by atomic mass is 35.5. The van der Waals surface area contributed by atoms with Crippen LogP contribution in [0.5, 0.6) is 0 Å². The molecule has 1 heterocycles. The zero-order chi connectivity index (χ0) is 35.7. The molecular formula is C41H48ClFN4O3. The van der Waals surface area contributed by atoms with Crippen LogP contribution in [0.15, 0.2) is 97.1 Å². The summed E-state index contributed by atoms with van der Waals surface area (Å²) in [5.41, 5.74) is 4.78. The van der Waals surface area contributed by atoms with E-state index in [2.05, 4.69) is 80.0 Å². The summed E-state index contributed by atoms with van der Waals surface area (Å²) < 4.78 is 20.9. The van der Waals surface area contributed by atoms with E-state index in [1.54, 1.807) is 29.2 Å². The fourth-order valence-electron chi connectivity index (χ4n) is 6.17. The number of hydrogen-bond donors (Lipinski definition) is 3. The van der Waals surface area contributed by atoms with Crippen molar-refractivity contribution in [1.29, 1.82) is 0 Å². The summed E-state index contributed by atoms with van der Waals surface area (Å²) in [6.07, 6.45) is -0.988. The topological polar surface area (TPSA) is 82.7 Å². The molecule has 1 aliphatic heterocycles. The molecule has 264 valence electrons. The van der Waals surface area contributed by atoms with Gasteiger partial charge in [-0.1, -0.05) is 105 Å². The van der Waals surface area contributed by atoms with Crippen molar-refractivity contribution in [1.82, 2.24) is 16.0 Å². The lowest BCUT2D eigenvalue weighted by atomic mass is 9.94. The van der Waals surface area contributed by atoms with Crippen LogP contribution < -0.4 is 20.9 Å². The number of amides is 2. The summed E-state index contributed by atoms with van der Waals surface area (Å²) in [7, 11) is 0. The van der Waals surface area contributed by atoms with Gasteiger partial charge >= 0.3 is 0 Å². The summed E-state index contributed by atoms with van der Waals surface area (Å²) in [5, 5.41) is 10.4. The van der Waals surface area contributed by atoms with Gasteiger partial charge in [-0.15, -0.1) is 0 Å². The van der Waals surface area contributed by atoms with Crippen molar-refractivity contribution in [3.05, 3.63) is 136 Å². The number of carbonyl (C=O) groups is 2. The molecule has 0 aliphatic carbocycles. The number of nitrogens with one attached hydrogen (secondary N) is 3. The van der Waals surface area contributed by atoms with Crippen LogP contribution in [0.3, 0.4) is 0 Å². The summed E-state index contributed by atoms with van der Waals surface area (Å²) in [6.45, 7) is 11.2. The van der Waals surface area contributed by atoms with E-state index in [-0.39, 0.29) is 30.3 Å². The largest absolute Gasteiger partial charge is 0.355 e. The van der Waals surface area contributed by atoms with Gasteiger partial charge in [0.2, 0.25) is 5.91 Å². The maximum Gasteiger partial charge on any atom is 0.256 e. The first-order valence-corrected chi connectivity index (χ1v) is 17.7. The molecule has 0 bridgehead atoms. The number of nitrogens with zero attached hydrogens (tertiary/aromatic N) is 1. The second-order valence-corrected chi connectivity index (χ2v) is 14.6. The molecule has 3 atom stereocenters. The van der Waals surface area contributed by atoms with Gasteiger partial charge in [0.1, 0.15) is 18.0 Å². The molecule has 1 aliphatic rings. The molecule has 2 amide bonds. The Bertz CT molecular complexity index is 1750. The van der Waals surface area contributed by atoms with Crippen molar-refractivity contribution in [2.24, 2.45) is 5.41 Å². The lowest BCUT2D eigenvalue weighted by molar-refractivity contribution is -0.138. The first-order valence-electron chi connectivity index (χ1n) is 17.3. The van der Waals surface area contributed by atoms with Crippen molar-refractivity contribution >= 4 is 29.1 Å². The second kappa shape index (κ2) is 17.2. The maximum absolute atomic E-state index is 14.2. The van der Waals surface area contributed by atoms with E-state index in [1.165, 1.54) is 11.6 Å². The van der Waals surface area contributed by atoms with Crippen LogP contribution >= 0.6 is 11.6 Å². The minimum absolute atomic E-state index is 0.00848. The van der Waals surface area contributed by atoms with Crippen molar-refractivity contribution in [3.8, 4) is 0 Å². The third kappa shape index (κ3) is 10.2. The molecule has 0 saturated carbocycles. The van der Waals surface area contributed by atoms with Crippen LogP contribution in [-0.4, -0.2) is 37.6 Å². The van der Waals surface area contributed by atoms with Gasteiger partial charge in [0.05, 0.1) is 6.42 Å². The Balaban J connectivity index is 1.32. The number of anilines is 1. The first-order chi connectivity index (χ1) is 24.0. The van der Waals surface area contributed by atoms with Crippen LogP contribution in [0.1, 0.15) is 80.5 Å². The lowest BCUT2D eigenvalue weighted by Gasteiger charge is -2.31. The number of benzene rings is 4. The number of halogens is 2. The molecule has 0 radical (unpaired) electrons. The molecule has 5 rings (SSSR count). The van der Waals surface area contributed by atoms with Crippen LogP contribution in [0.4, 0.5) is 10.1 Å². The van der Waals surface area contributed by atoms with Gasteiger partial charge in [-0.05, 0) is 72.8 Å². The fraction of sp³-hybridized carbons (Fsp3) is 0.366. The molecule has 0 saturated heterocycles. The van der Waals surface area contributed by atoms with E-state index in [9.17, 15) is 14.0 Å². The van der Waals surface area contributed by atoms with Gasteiger partial charge < -0.3 is 25.6 Å². The number of hydrogen-bond acceptors (Lipinski definition) is 5. The molecule has 3 unspecified atom stereocenters. The highest BCUT2D eigenvalue weighted by Gasteiger charge is 2.39. The highest BCUT2D eigenvalue weighted by Crippen LogP contribution is 2.41. The van der Waals surface area contributed by atoms with E-state index in [4.69, 9.17) is 16.3 Å². The maximum atomic E-state index is 14.2. The Labute approximate surface area is 300 Å². The Morgan fingerprint density at radius 3 is 2.46 bits per heavy atom. The Kier molecular flexibility index (Phi) is 12.8. The minimum Gasteiger partial charge on any atom is -0.355 e. The first kappa shape index (κ1) is 37.2. The number of ether oxygens (including phenoxy) is 1. The predicted octanol–water partition coefficient (Wildman–Crippen LogP) is 7.88. The molecule has 3 N–H and O–H groups in total. The minimum atomic E-state index is -1.08. The van der Waals surface area contributed by atoms with E-state index in [0.717, 1.165) is 36.2 Å².